The number of rotatable bonds is 8. The Balaban J connectivity index is 1.87. The quantitative estimate of drug-likeness (QED) is 0.759. The highest BCUT2D eigenvalue weighted by atomic mass is 32.2. The first-order chi connectivity index (χ1) is 11.4. The predicted molar refractivity (Wildman–Crippen MR) is 88.3 cm³/mol. The average molecular weight is 358 g/mol. The van der Waals surface area contributed by atoms with E-state index in [2.05, 4.69) is 5.32 Å². The van der Waals surface area contributed by atoms with Gasteiger partial charge < -0.3 is 10.1 Å². The molecule has 6 nitrogen and oxygen atoms in total. The van der Waals surface area contributed by atoms with Gasteiger partial charge in [0.15, 0.2) is 0 Å². The Hall–Kier alpha value is -1.51. The lowest BCUT2D eigenvalue weighted by Crippen LogP contribution is -2.36. The van der Waals surface area contributed by atoms with Gasteiger partial charge in [-0.15, -0.1) is 0 Å². The van der Waals surface area contributed by atoms with Gasteiger partial charge in [-0.2, -0.15) is 4.31 Å². The zero-order valence-corrected chi connectivity index (χ0v) is 14.5. The number of hydrogen-bond acceptors (Lipinski definition) is 4. The average Bonchev–Trinajstić information content (AvgIpc) is 3.03. The summed E-state index contributed by atoms with van der Waals surface area (Å²) in [6, 6.07) is 6.00. The van der Waals surface area contributed by atoms with Crippen LogP contribution in [0.15, 0.2) is 24.3 Å². The van der Waals surface area contributed by atoms with E-state index in [0.29, 0.717) is 13.2 Å². The van der Waals surface area contributed by atoms with Crippen LogP contribution in [0.3, 0.4) is 0 Å². The lowest BCUT2D eigenvalue weighted by Gasteiger charge is -2.20. The molecule has 8 heteroatoms. The van der Waals surface area contributed by atoms with Gasteiger partial charge in [0.05, 0.1) is 12.4 Å². The second-order valence-corrected chi connectivity index (χ2v) is 7.86. The monoisotopic (exact) mass is 358 g/mol. The van der Waals surface area contributed by atoms with Gasteiger partial charge in [0.2, 0.25) is 15.9 Å². The number of ether oxygens (including phenoxy) is 1. The van der Waals surface area contributed by atoms with Gasteiger partial charge in [-0.05, 0) is 18.9 Å². The summed E-state index contributed by atoms with van der Waals surface area (Å²) in [4.78, 5) is 11.9. The van der Waals surface area contributed by atoms with Gasteiger partial charge in [0, 0.05) is 38.2 Å². The van der Waals surface area contributed by atoms with Crippen molar-refractivity contribution in [1.82, 2.24) is 9.62 Å². The third-order valence-corrected chi connectivity index (χ3v) is 5.16. The molecular formula is C16H23FN2O4S. The van der Waals surface area contributed by atoms with Crippen molar-refractivity contribution in [2.75, 3.05) is 26.0 Å². The lowest BCUT2D eigenvalue weighted by molar-refractivity contribution is -0.121. The molecule has 1 unspecified atom stereocenters. The summed E-state index contributed by atoms with van der Waals surface area (Å²) in [6.45, 7) is 1.06. The maximum absolute atomic E-state index is 13.7. The minimum Gasteiger partial charge on any atom is -0.376 e. The number of carbonyl (C=O) groups excluding carboxylic acids is 1. The zero-order valence-electron chi connectivity index (χ0n) is 13.7. The van der Waals surface area contributed by atoms with Gasteiger partial charge in [-0.3, -0.25) is 4.79 Å². The minimum atomic E-state index is -3.54. The normalized spacial score (nSPS) is 18.0. The van der Waals surface area contributed by atoms with Crippen LogP contribution in [0, 0.1) is 5.82 Å². The third kappa shape index (κ3) is 5.85. The van der Waals surface area contributed by atoms with Crippen molar-refractivity contribution in [2.24, 2.45) is 0 Å². The molecule has 0 radical (unpaired) electrons. The Kier molecular flexibility index (Phi) is 6.70. The SMILES string of the molecule is CS(=O)(=O)N(CCC(=O)NCC1CCCO1)Cc1ccccc1F. The van der Waals surface area contributed by atoms with Crippen molar-refractivity contribution in [3.8, 4) is 0 Å². The molecule has 134 valence electrons. The molecule has 1 aliphatic heterocycles. The van der Waals surface area contributed by atoms with Gasteiger partial charge in [0.1, 0.15) is 5.82 Å². The van der Waals surface area contributed by atoms with E-state index in [1.807, 2.05) is 0 Å². The molecule has 0 aromatic heterocycles. The molecule has 1 heterocycles. The molecule has 1 saturated heterocycles. The van der Waals surface area contributed by atoms with Gasteiger partial charge in [-0.1, -0.05) is 18.2 Å². The number of nitrogens with one attached hydrogen (secondary N) is 1. The molecule has 1 aromatic rings. The summed E-state index contributed by atoms with van der Waals surface area (Å²) in [5, 5.41) is 2.75. The van der Waals surface area contributed by atoms with Crippen LogP contribution in [-0.4, -0.2) is 50.7 Å². The maximum Gasteiger partial charge on any atom is 0.221 e. The fourth-order valence-corrected chi connectivity index (χ4v) is 3.32. The van der Waals surface area contributed by atoms with E-state index in [4.69, 9.17) is 4.74 Å². The molecular weight excluding hydrogens is 335 g/mol. The van der Waals surface area contributed by atoms with Crippen LogP contribution in [-0.2, 0) is 26.1 Å². The lowest BCUT2D eigenvalue weighted by atomic mass is 10.2. The maximum atomic E-state index is 13.7. The Morgan fingerprint density at radius 1 is 1.42 bits per heavy atom. The van der Waals surface area contributed by atoms with E-state index in [1.165, 1.54) is 12.1 Å². The summed E-state index contributed by atoms with van der Waals surface area (Å²) in [5.41, 5.74) is 0.280. The van der Waals surface area contributed by atoms with Crippen molar-refractivity contribution in [3.05, 3.63) is 35.6 Å². The van der Waals surface area contributed by atoms with Crippen LogP contribution in [0.2, 0.25) is 0 Å². The Morgan fingerprint density at radius 2 is 2.17 bits per heavy atom. The smallest absolute Gasteiger partial charge is 0.221 e. The minimum absolute atomic E-state index is 0.00449. The van der Waals surface area contributed by atoms with Crippen LogP contribution in [0.4, 0.5) is 4.39 Å². The second kappa shape index (κ2) is 8.55. The first-order valence-electron chi connectivity index (χ1n) is 7.93. The van der Waals surface area contributed by atoms with Crippen molar-refractivity contribution >= 4 is 15.9 Å². The fourth-order valence-electron chi connectivity index (χ4n) is 2.53. The highest BCUT2D eigenvalue weighted by Gasteiger charge is 2.20. The second-order valence-electron chi connectivity index (χ2n) is 5.88. The van der Waals surface area contributed by atoms with E-state index < -0.39 is 15.8 Å². The van der Waals surface area contributed by atoms with E-state index in [-0.39, 0.29) is 37.1 Å². The molecule has 0 spiro atoms. The standard InChI is InChI=1S/C16H23FN2O4S/c1-24(21,22)19(12-13-5-2-3-7-15(13)17)9-8-16(20)18-11-14-6-4-10-23-14/h2-3,5,7,14H,4,6,8-12H2,1H3,(H,18,20). The molecule has 1 N–H and O–H groups in total. The van der Waals surface area contributed by atoms with E-state index in [1.54, 1.807) is 12.1 Å². The van der Waals surface area contributed by atoms with Crippen LogP contribution in [0.5, 0.6) is 0 Å². The van der Waals surface area contributed by atoms with Crippen LogP contribution >= 0.6 is 0 Å². The van der Waals surface area contributed by atoms with Crippen LogP contribution < -0.4 is 5.32 Å². The summed E-state index contributed by atoms with van der Waals surface area (Å²) in [5.74, 6) is -0.707. The summed E-state index contributed by atoms with van der Waals surface area (Å²) < 4.78 is 44.0. The van der Waals surface area contributed by atoms with E-state index in [9.17, 15) is 17.6 Å². The number of halogens is 1. The highest BCUT2D eigenvalue weighted by molar-refractivity contribution is 7.88. The van der Waals surface area contributed by atoms with Gasteiger partial charge >= 0.3 is 0 Å². The molecule has 1 aliphatic rings. The highest BCUT2D eigenvalue weighted by Crippen LogP contribution is 2.13. The number of benzene rings is 1. The summed E-state index contributed by atoms with van der Waals surface area (Å²) >= 11 is 0. The predicted octanol–water partition coefficient (Wildman–Crippen LogP) is 1.27. The Labute approximate surface area is 142 Å². The molecule has 1 aromatic carbocycles. The number of hydrogen-bond donors (Lipinski definition) is 1. The molecule has 0 bridgehead atoms. The van der Waals surface area contributed by atoms with Crippen LogP contribution in [0.1, 0.15) is 24.8 Å². The molecule has 1 atom stereocenters. The number of nitrogens with zero attached hydrogens (tertiary/aromatic N) is 1. The first-order valence-corrected chi connectivity index (χ1v) is 9.78. The molecule has 1 fully saturated rings. The molecule has 1 amide bonds. The molecule has 0 saturated carbocycles. The van der Waals surface area contributed by atoms with E-state index in [0.717, 1.165) is 23.4 Å². The van der Waals surface area contributed by atoms with Crippen LogP contribution in [0.25, 0.3) is 0 Å². The van der Waals surface area contributed by atoms with Gasteiger partial charge in [0.25, 0.3) is 0 Å². The fraction of sp³-hybridized carbons (Fsp3) is 0.562. The number of carbonyl (C=O) groups is 1. The molecule has 24 heavy (non-hydrogen) atoms. The zero-order chi connectivity index (χ0) is 17.6. The van der Waals surface area contributed by atoms with E-state index >= 15 is 0 Å². The third-order valence-electron chi connectivity index (χ3n) is 3.91. The van der Waals surface area contributed by atoms with Crippen molar-refractivity contribution in [1.29, 1.82) is 0 Å². The number of amides is 1. The molecule has 0 aliphatic carbocycles. The first kappa shape index (κ1) is 18.8. The van der Waals surface area contributed by atoms with Crippen molar-refractivity contribution < 1.29 is 22.3 Å². The van der Waals surface area contributed by atoms with Crippen molar-refractivity contribution in [3.63, 3.8) is 0 Å². The van der Waals surface area contributed by atoms with Gasteiger partial charge in [-0.25, -0.2) is 12.8 Å². The number of sulfonamides is 1. The summed E-state index contributed by atoms with van der Waals surface area (Å²) in [7, 11) is -3.54. The van der Waals surface area contributed by atoms with Crippen molar-refractivity contribution in [2.45, 2.75) is 31.9 Å². The summed E-state index contributed by atoms with van der Waals surface area (Å²) in [6.07, 6.45) is 3.03. The Morgan fingerprint density at radius 3 is 2.79 bits per heavy atom. The Bertz CT molecular complexity index is 660. The largest absolute Gasteiger partial charge is 0.376 e. The topological polar surface area (TPSA) is 75.7 Å². The molecule has 2 rings (SSSR count).